The molecule has 1 aromatic heterocycles. The van der Waals surface area contributed by atoms with Gasteiger partial charge in [0.05, 0.1) is 23.5 Å². The van der Waals surface area contributed by atoms with Gasteiger partial charge in [0.1, 0.15) is 5.75 Å². The Balaban J connectivity index is 1.85. The van der Waals surface area contributed by atoms with Crippen molar-refractivity contribution in [3.8, 4) is 5.75 Å². The van der Waals surface area contributed by atoms with Crippen LogP contribution in [0.3, 0.4) is 0 Å². The van der Waals surface area contributed by atoms with Crippen LogP contribution < -0.4 is 4.74 Å². The summed E-state index contributed by atoms with van der Waals surface area (Å²) in [7, 11) is 0. The number of nitrogens with zero attached hydrogens (tertiary/aromatic N) is 2. The van der Waals surface area contributed by atoms with E-state index in [0.717, 1.165) is 17.8 Å². The molecule has 0 fully saturated rings. The number of rotatable bonds is 4. The predicted molar refractivity (Wildman–Crippen MR) is 90.5 cm³/mol. The second kappa shape index (κ2) is 5.84. The number of aryl methyl sites for hydroxylation is 2. The van der Waals surface area contributed by atoms with E-state index < -0.39 is 0 Å². The Kier molecular flexibility index (Phi) is 3.88. The zero-order valence-corrected chi connectivity index (χ0v) is 13.6. The van der Waals surface area contributed by atoms with Crippen molar-refractivity contribution in [1.29, 1.82) is 0 Å². The third-order valence-electron chi connectivity index (χ3n) is 3.88. The van der Waals surface area contributed by atoms with Crippen molar-refractivity contribution in [3.05, 3.63) is 59.4 Å². The highest BCUT2D eigenvalue weighted by atomic mass is 16.5. The van der Waals surface area contributed by atoms with E-state index >= 15 is 0 Å². The summed E-state index contributed by atoms with van der Waals surface area (Å²) in [6, 6.07) is 12.7. The number of benzene rings is 2. The lowest BCUT2D eigenvalue weighted by molar-refractivity contribution is 0.242. The van der Waals surface area contributed by atoms with E-state index in [9.17, 15) is 0 Å². The minimum absolute atomic E-state index is 0.203. The van der Waals surface area contributed by atoms with Crippen LogP contribution in [-0.4, -0.2) is 15.7 Å². The molecule has 0 spiro atoms. The third kappa shape index (κ3) is 2.98. The van der Waals surface area contributed by atoms with Gasteiger partial charge in [-0.1, -0.05) is 12.1 Å². The molecule has 3 heteroatoms. The molecule has 2 aromatic carbocycles. The zero-order chi connectivity index (χ0) is 15.7. The van der Waals surface area contributed by atoms with Gasteiger partial charge in [0, 0.05) is 6.54 Å². The minimum atomic E-state index is 0.203. The largest absolute Gasteiger partial charge is 0.491 e. The number of hydrogen-bond acceptors (Lipinski definition) is 2. The number of imidazole rings is 1. The fraction of sp³-hybridized carbons (Fsp3) is 0.316. The summed E-state index contributed by atoms with van der Waals surface area (Å²) in [4.78, 5) is 4.51. The van der Waals surface area contributed by atoms with Gasteiger partial charge in [0.25, 0.3) is 0 Å². The molecule has 0 radical (unpaired) electrons. The second-order valence-corrected chi connectivity index (χ2v) is 6.11. The lowest BCUT2D eigenvalue weighted by atomic mass is 10.1. The molecule has 0 aliphatic rings. The molecule has 0 saturated heterocycles. The van der Waals surface area contributed by atoms with E-state index in [-0.39, 0.29) is 6.10 Å². The molecule has 114 valence electrons. The van der Waals surface area contributed by atoms with E-state index in [2.05, 4.69) is 47.7 Å². The fourth-order valence-electron chi connectivity index (χ4n) is 2.58. The molecule has 0 atom stereocenters. The van der Waals surface area contributed by atoms with Crippen LogP contribution in [0.1, 0.15) is 30.5 Å². The molecule has 0 unspecified atom stereocenters. The lowest BCUT2D eigenvalue weighted by Gasteiger charge is -2.11. The van der Waals surface area contributed by atoms with Crippen LogP contribution in [0.15, 0.2) is 42.7 Å². The van der Waals surface area contributed by atoms with Crippen LogP contribution in [0.4, 0.5) is 0 Å². The highest BCUT2D eigenvalue weighted by Gasteiger charge is 2.06. The number of fused-ring (bicyclic) bond motifs is 1. The smallest absolute Gasteiger partial charge is 0.119 e. The molecule has 3 rings (SSSR count). The van der Waals surface area contributed by atoms with E-state index in [1.54, 1.807) is 0 Å². The molecule has 3 nitrogen and oxygen atoms in total. The van der Waals surface area contributed by atoms with E-state index in [1.165, 1.54) is 22.2 Å². The van der Waals surface area contributed by atoms with Gasteiger partial charge in [-0.05, 0) is 68.7 Å². The molecule has 0 bridgehead atoms. The van der Waals surface area contributed by atoms with Crippen molar-refractivity contribution in [3.63, 3.8) is 0 Å². The van der Waals surface area contributed by atoms with Gasteiger partial charge >= 0.3 is 0 Å². The van der Waals surface area contributed by atoms with Crippen molar-refractivity contribution in [2.24, 2.45) is 0 Å². The standard InChI is InChI=1S/C19H22N2O/c1-13(2)22-17-7-5-16(6-8-17)11-21-12-20-18-9-14(3)15(4)10-19(18)21/h5-10,12-13H,11H2,1-4H3. The summed E-state index contributed by atoms with van der Waals surface area (Å²) < 4.78 is 7.88. The van der Waals surface area contributed by atoms with Crippen molar-refractivity contribution in [2.45, 2.75) is 40.3 Å². The van der Waals surface area contributed by atoms with E-state index in [0.29, 0.717) is 0 Å². The van der Waals surface area contributed by atoms with Crippen LogP contribution in [0.25, 0.3) is 11.0 Å². The molecule has 0 amide bonds. The van der Waals surface area contributed by atoms with Crippen LogP contribution in [0, 0.1) is 13.8 Å². The maximum absolute atomic E-state index is 5.68. The van der Waals surface area contributed by atoms with Gasteiger partial charge in [0.15, 0.2) is 0 Å². The Bertz CT molecular complexity index is 785. The second-order valence-electron chi connectivity index (χ2n) is 6.11. The van der Waals surface area contributed by atoms with Crippen molar-refractivity contribution in [1.82, 2.24) is 9.55 Å². The summed E-state index contributed by atoms with van der Waals surface area (Å²) >= 11 is 0. The molecule has 22 heavy (non-hydrogen) atoms. The summed E-state index contributed by atoms with van der Waals surface area (Å²) in [6.45, 7) is 9.16. The fourth-order valence-corrected chi connectivity index (χ4v) is 2.58. The third-order valence-corrected chi connectivity index (χ3v) is 3.88. The van der Waals surface area contributed by atoms with Gasteiger partial charge in [-0.25, -0.2) is 4.98 Å². The van der Waals surface area contributed by atoms with E-state index in [4.69, 9.17) is 4.74 Å². The summed E-state index contributed by atoms with van der Waals surface area (Å²) in [5.74, 6) is 0.917. The quantitative estimate of drug-likeness (QED) is 0.709. The van der Waals surface area contributed by atoms with Gasteiger partial charge < -0.3 is 9.30 Å². The number of ether oxygens (including phenoxy) is 1. The average Bonchev–Trinajstić information content (AvgIpc) is 2.83. The highest BCUT2D eigenvalue weighted by Crippen LogP contribution is 2.20. The van der Waals surface area contributed by atoms with Gasteiger partial charge in [-0.3, -0.25) is 0 Å². The van der Waals surface area contributed by atoms with Gasteiger partial charge in [-0.15, -0.1) is 0 Å². The predicted octanol–water partition coefficient (Wildman–Crippen LogP) is 4.49. The van der Waals surface area contributed by atoms with Crippen LogP contribution in [0.5, 0.6) is 5.75 Å². The Morgan fingerprint density at radius 3 is 2.41 bits per heavy atom. The average molecular weight is 294 g/mol. The molecular weight excluding hydrogens is 272 g/mol. The SMILES string of the molecule is Cc1cc2ncn(Cc3ccc(OC(C)C)cc3)c2cc1C. The Hall–Kier alpha value is -2.29. The Morgan fingerprint density at radius 1 is 1.05 bits per heavy atom. The molecule has 0 saturated carbocycles. The molecule has 0 N–H and O–H groups in total. The first-order valence-corrected chi connectivity index (χ1v) is 7.70. The van der Waals surface area contributed by atoms with Crippen LogP contribution in [0.2, 0.25) is 0 Å². The molecule has 3 aromatic rings. The lowest BCUT2D eigenvalue weighted by Crippen LogP contribution is -2.05. The minimum Gasteiger partial charge on any atom is -0.491 e. The summed E-state index contributed by atoms with van der Waals surface area (Å²) in [5, 5.41) is 0. The molecule has 0 aliphatic heterocycles. The maximum atomic E-state index is 5.68. The monoisotopic (exact) mass is 294 g/mol. The normalized spacial score (nSPS) is 11.3. The summed E-state index contributed by atoms with van der Waals surface area (Å²) in [6.07, 6.45) is 2.12. The first-order chi connectivity index (χ1) is 10.5. The van der Waals surface area contributed by atoms with Crippen molar-refractivity contribution < 1.29 is 4.74 Å². The van der Waals surface area contributed by atoms with Crippen LogP contribution in [-0.2, 0) is 6.54 Å². The first-order valence-electron chi connectivity index (χ1n) is 7.70. The zero-order valence-electron chi connectivity index (χ0n) is 13.6. The van der Waals surface area contributed by atoms with E-state index in [1.807, 2.05) is 32.3 Å². The van der Waals surface area contributed by atoms with Gasteiger partial charge in [-0.2, -0.15) is 0 Å². The van der Waals surface area contributed by atoms with Crippen molar-refractivity contribution >= 4 is 11.0 Å². The Morgan fingerprint density at radius 2 is 1.73 bits per heavy atom. The van der Waals surface area contributed by atoms with Crippen LogP contribution >= 0.6 is 0 Å². The highest BCUT2D eigenvalue weighted by molar-refractivity contribution is 5.77. The number of hydrogen-bond donors (Lipinski definition) is 0. The molecule has 1 heterocycles. The molecular formula is C19H22N2O. The summed E-state index contributed by atoms with van der Waals surface area (Å²) in [5.41, 5.74) is 6.07. The van der Waals surface area contributed by atoms with Gasteiger partial charge in [0.2, 0.25) is 0 Å². The number of aromatic nitrogens is 2. The Labute approximate surface area is 131 Å². The first kappa shape index (κ1) is 14.6. The topological polar surface area (TPSA) is 27.1 Å². The van der Waals surface area contributed by atoms with Crippen molar-refractivity contribution in [2.75, 3.05) is 0 Å². The molecule has 0 aliphatic carbocycles. The maximum Gasteiger partial charge on any atom is 0.119 e.